The third-order valence-corrected chi connectivity index (χ3v) is 2.44. The Morgan fingerprint density at radius 2 is 1.90 bits per heavy atom. The number of hydrogen-bond donors (Lipinski definition) is 1. The summed E-state index contributed by atoms with van der Waals surface area (Å²) in [6, 6.07) is 7.02. The molecule has 0 bridgehead atoms. The average molecular weight is 290 g/mol. The Balaban J connectivity index is 2.28. The molecule has 0 saturated carbocycles. The Morgan fingerprint density at radius 1 is 1.24 bits per heavy atom. The molecule has 1 rings (SSSR count). The first-order valence-corrected chi connectivity index (χ1v) is 6.45. The summed E-state index contributed by atoms with van der Waals surface area (Å²) in [4.78, 5) is 21.5. The van der Waals surface area contributed by atoms with E-state index in [1.807, 2.05) is 0 Å². The molecular formula is C16H18O5. The molecule has 0 unspecified atom stereocenters. The molecule has 5 nitrogen and oxygen atoms in total. The van der Waals surface area contributed by atoms with E-state index >= 15 is 0 Å². The second-order valence-corrected chi connectivity index (χ2v) is 4.36. The van der Waals surface area contributed by atoms with Crippen molar-refractivity contribution in [3.05, 3.63) is 48.1 Å². The molecule has 0 aliphatic carbocycles. The minimum atomic E-state index is -0.986. The van der Waals surface area contributed by atoms with Crippen LogP contribution in [-0.4, -0.2) is 30.3 Å². The first kappa shape index (κ1) is 16.5. The number of esters is 1. The highest BCUT2D eigenvalue weighted by Gasteiger charge is 2.02. The van der Waals surface area contributed by atoms with Crippen LogP contribution in [0.4, 0.5) is 0 Å². The SMILES string of the molecule is C=C(C)C(=O)OCCCOc1ccc(C=CC(=O)O)cc1. The van der Waals surface area contributed by atoms with Crippen LogP contribution in [0.15, 0.2) is 42.5 Å². The Bertz CT molecular complexity index is 528. The predicted molar refractivity (Wildman–Crippen MR) is 79.0 cm³/mol. The number of carbonyl (C=O) groups excluding carboxylic acids is 1. The van der Waals surface area contributed by atoms with Crippen LogP contribution in [0.25, 0.3) is 6.08 Å². The number of benzene rings is 1. The molecule has 21 heavy (non-hydrogen) atoms. The normalized spacial score (nSPS) is 10.3. The number of aliphatic carboxylic acids is 1. The zero-order valence-electron chi connectivity index (χ0n) is 11.9. The van der Waals surface area contributed by atoms with Crippen molar-refractivity contribution in [3.8, 4) is 5.75 Å². The van der Waals surface area contributed by atoms with Gasteiger partial charge in [-0.05, 0) is 30.7 Å². The molecule has 0 fully saturated rings. The van der Waals surface area contributed by atoms with Gasteiger partial charge >= 0.3 is 11.9 Å². The van der Waals surface area contributed by atoms with Crippen molar-refractivity contribution in [2.45, 2.75) is 13.3 Å². The first-order chi connectivity index (χ1) is 9.99. The molecule has 0 heterocycles. The summed E-state index contributed by atoms with van der Waals surface area (Å²) < 4.78 is 10.4. The monoisotopic (exact) mass is 290 g/mol. The fourth-order valence-corrected chi connectivity index (χ4v) is 1.38. The molecule has 0 aromatic heterocycles. The van der Waals surface area contributed by atoms with Gasteiger partial charge in [0.2, 0.25) is 0 Å². The van der Waals surface area contributed by atoms with Gasteiger partial charge in [-0.1, -0.05) is 18.7 Å². The zero-order valence-corrected chi connectivity index (χ0v) is 11.9. The molecule has 0 spiro atoms. The molecule has 0 aliphatic heterocycles. The van der Waals surface area contributed by atoms with E-state index in [1.165, 1.54) is 6.08 Å². The molecule has 0 amide bonds. The topological polar surface area (TPSA) is 72.8 Å². The summed E-state index contributed by atoms with van der Waals surface area (Å²) in [5.74, 6) is -0.710. The van der Waals surface area contributed by atoms with Crippen molar-refractivity contribution < 1.29 is 24.2 Å². The summed E-state index contributed by atoms with van der Waals surface area (Å²) in [7, 11) is 0. The van der Waals surface area contributed by atoms with Gasteiger partial charge in [-0.2, -0.15) is 0 Å². The number of carbonyl (C=O) groups is 2. The van der Waals surface area contributed by atoms with E-state index in [2.05, 4.69) is 6.58 Å². The average Bonchev–Trinajstić information content (AvgIpc) is 2.45. The Kier molecular flexibility index (Phi) is 6.74. The van der Waals surface area contributed by atoms with Crippen molar-refractivity contribution in [1.29, 1.82) is 0 Å². The van der Waals surface area contributed by atoms with Crippen LogP contribution >= 0.6 is 0 Å². The highest BCUT2D eigenvalue weighted by molar-refractivity contribution is 5.86. The molecule has 0 atom stereocenters. The fourth-order valence-electron chi connectivity index (χ4n) is 1.38. The lowest BCUT2D eigenvalue weighted by Crippen LogP contribution is -2.09. The van der Waals surface area contributed by atoms with Crippen LogP contribution in [0.1, 0.15) is 18.9 Å². The van der Waals surface area contributed by atoms with Crippen LogP contribution in [-0.2, 0) is 14.3 Å². The van der Waals surface area contributed by atoms with Gasteiger partial charge in [-0.15, -0.1) is 0 Å². The number of hydrogen-bond acceptors (Lipinski definition) is 4. The molecule has 0 saturated heterocycles. The summed E-state index contributed by atoms with van der Waals surface area (Å²) in [5, 5.41) is 8.52. The maximum absolute atomic E-state index is 11.1. The van der Waals surface area contributed by atoms with Crippen molar-refractivity contribution in [2.75, 3.05) is 13.2 Å². The van der Waals surface area contributed by atoms with Gasteiger partial charge < -0.3 is 14.6 Å². The van der Waals surface area contributed by atoms with Crippen LogP contribution in [0.3, 0.4) is 0 Å². The van der Waals surface area contributed by atoms with Gasteiger partial charge in [-0.3, -0.25) is 0 Å². The van der Waals surface area contributed by atoms with Gasteiger partial charge in [0.1, 0.15) is 5.75 Å². The Morgan fingerprint density at radius 3 is 2.48 bits per heavy atom. The van der Waals surface area contributed by atoms with E-state index in [4.69, 9.17) is 14.6 Å². The Hall–Kier alpha value is -2.56. The molecule has 1 aromatic rings. The summed E-state index contributed by atoms with van der Waals surface area (Å²) in [6.45, 7) is 5.79. The summed E-state index contributed by atoms with van der Waals surface area (Å²) in [5.41, 5.74) is 1.15. The van der Waals surface area contributed by atoms with E-state index in [-0.39, 0.29) is 6.61 Å². The largest absolute Gasteiger partial charge is 0.493 e. The fraction of sp³-hybridized carbons (Fsp3) is 0.250. The van der Waals surface area contributed by atoms with Gasteiger partial charge in [0.15, 0.2) is 0 Å². The van der Waals surface area contributed by atoms with Gasteiger partial charge in [0.25, 0.3) is 0 Å². The number of carboxylic acid groups (broad SMARTS) is 1. The zero-order chi connectivity index (χ0) is 15.7. The van der Waals surface area contributed by atoms with E-state index in [9.17, 15) is 9.59 Å². The predicted octanol–water partition coefficient (Wildman–Crippen LogP) is 2.67. The minimum Gasteiger partial charge on any atom is -0.493 e. The van der Waals surface area contributed by atoms with E-state index in [0.717, 1.165) is 11.6 Å². The molecule has 0 radical (unpaired) electrons. The maximum Gasteiger partial charge on any atom is 0.333 e. The standard InChI is InChI=1S/C16H18O5/c1-12(2)16(19)21-11-3-10-20-14-7-4-13(5-8-14)6-9-15(17)18/h4-9H,1,3,10-11H2,2H3,(H,17,18). The van der Waals surface area contributed by atoms with Crippen LogP contribution in [0, 0.1) is 0 Å². The van der Waals surface area contributed by atoms with Crippen molar-refractivity contribution >= 4 is 18.0 Å². The molecule has 0 aliphatic rings. The van der Waals surface area contributed by atoms with Crippen molar-refractivity contribution in [1.82, 2.24) is 0 Å². The molecular weight excluding hydrogens is 272 g/mol. The smallest absolute Gasteiger partial charge is 0.333 e. The maximum atomic E-state index is 11.1. The highest BCUT2D eigenvalue weighted by atomic mass is 16.5. The molecule has 5 heteroatoms. The number of rotatable bonds is 8. The van der Waals surface area contributed by atoms with Crippen LogP contribution < -0.4 is 4.74 Å². The molecule has 1 N–H and O–H groups in total. The lowest BCUT2D eigenvalue weighted by Gasteiger charge is -2.07. The first-order valence-electron chi connectivity index (χ1n) is 6.45. The Labute approximate surface area is 123 Å². The van der Waals surface area contributed by atoms with Crippen LogP contribution in [0.5, 0.6) is 5.75 Å². The van der Waals surface area contributed by atoms with Crippen molar-refractivity contribution in [2.24, 2.45) is 0 Å². The van der Waals surface area contributed by atoms with Gasteiger partial charge in [-0.25, -0.2) is 9.59 Å². The highest BCUT2D eigenvalue weighted by Crippen LogP contribution is 2.13. The van der Waals surface area contributed by atoms with E-state index < -0.39 is 11.9 Å². The van der Waals surface area contributed by atoms with Gasteiger partial charge in [0, 0.05) is 18.1 Å². The third kappa shape index (κ3) is 6.96. The van der Waals surface area contributed by atoms with E-state index in [1.54, 1.807) is 31.2 Å². The number of carboxylic acids is 1. The molecule has 1 aromatic carbocycles. The quantitative estimate of drug-likeness (QED) is 0.452. The van der Waals surface area contributed by atoms with E-state index in [0.29, 0.717) is 24.4 Å². The minimum absolute atomic E-state index is 0.283. The van der Waals surface area contributed by atoms with Crippen LogP contribution in [0.2, 0.25) is 0 Å². The lowest BCUT2D eigenvalue weighted by atomic mass is 10.2. The second kappa shape index (κ2) is 8.58. The van der Waals surface area contributed by atoms with Crippen molar-refractivity contribution in [3.63, 3.8) is 0 Å². The molecule has 112 valence electrons. The third-order valence-electron chi connectivity index (χ3n) is 2.44. The summed E-state index contributed by atoms with van der Waals surface area (Å²) >= 11 is 0. The second-order valence-electron chi connectivity index (χ2n) is 4.36. The lowest BCUT2D eigenvalue weighted by molar-refractivity contribution is -0.139. The summed E-state index contributed by atoms with van der Waals surface area (Å²) in [6.07, 6.45) is 3.16. The van der Waals surface area contributed by atoms with Gasteiger partial charge in [0.05, 0.1) is 13.2 Å². The number of ether oxygens (including phenoxy) is 2.